The Labute approximate surface area is 149 Å². The third-order valence-electron chi connectivity index (χ3n) is 4.67. The molecule has 3 atom stereocenters. The molecule has 1 aliphatic carbocycles. The standard InChI is InChI=1S/C22H31OP/c1-8-9-10-22(7)14-16(3)13-19(6)21(22)24-23-20-17(4)11-15(2)12-18(20)5/h9-14,21,24H,8H2,1-7H3. The highest BCUT2D eigenvalue weighted by atomic mass is 31.1. The number of hydrogen-bond donors (Lipinski definition) is 0. The van der Waals surface area contributed by atoms with Gasteiger partial charge in [0.15, 0.2) is 0 Å². The van der Waals surface area contributed by atoms with Crippen LogP contribution in [0.3, 0.4) is 0 Å². The Morgan fingerprint density at radius 1 is 1.12 bits per heavy atom. The Kier molecular flexibility index (Phi) is 6.10. The molecule has 0 N–H and O–H groups in total. The monoisotopic (exact) mass is 342 g/mol. The molecule has 0 aliphatic heterocycles. The molecule has 1 nitrogen and oxygen atoms in total. The molecule has 0 fully saturated rings. The maximum Gasteiger partial charge on any atom is 0.128 e. The molecule has 0 amide bonds. The summed E-state index contributed by atoms with van der Waals surface area (Å²) in [6.07, 6.45) is 10.4. The SMILES string of the molecule is CCC=CC1(C)C=C(C)C=C(C)C1POc1c(C)cc(C)cc1C. The molecular formula is C22H31OP. The van der Waals surface area contributed by atoms with Crippen molar-refractivity contribution in [1.82, 2.24) is 0 Å². The number of aryl methyl sites for hydroxylation is 3. The van der Waals surface area contributed by atoms with Crippen molar-refractivity contribution in [3.05, 3.63) is 64.3 Å². The zero-order valence-corrected chi connectivity index (χ0v) is 17.2. The van der Waals surface area contributed by atoms with E-state index in [4.69, 9.17) is 4.52 Å². The minimum absolute atomic E-state index is 0.0316. The summed E-state index contributed by atoms with van der Waals surface area (Å²) in [6.45, 7) is 15.4. The van der Waals surface area contributed by atoms with E-state index in [2.05, 4.69) is 84.9 Å². The fourth-order valence-corrected chi connectivity index (χ4v) is 4.99. The summed E-state index contributed by atoms with van der Waals surface area (Å²) in [6, 6.07) is 4.41. The van der Waals surface area contributed by atoms with Crippen LogP contribution in [0.1, 0.15) is 50.8 Å². The highest BCUT2D eigenvalue weighted by Crippen LogP contribution is 2.47. The van der Waals surface area contributed by atoms with Crippen LogP contribution >= 0.6 is 8.81 Å². The summed E-state index contributed by atoms with van der Waals surface area (Å²) in [4.78, 5) is 0. The van der Waals surface area contributed by atoms with E-state index in [0.29, 0.717) is 14.5 Å². The van der Waals surface area contributed by atoms with Crippen molar-refractivity contribution in [1.29, 1.82) is 0 Å². The van der Waals surface area contributed by atoms with Crippen molar-refractivity contribution < 1.29 is 4.52 Å². The Morgan fingerprint density at radius 3 is 2.33 bits per heavy atom. The van der Waals surface area contributed by atoms with Gasteiger partial charge in [-0.3, -0.25) is 0 Å². The van der Waals surface area contributed by atoms with Crippen molar-refractivity contribution in [3.63, 3.8) is 0 Å². The smallest absolute Gasteiger partial charge is 0.128 e. The first kappa shape index (κ1) is 19.0. The second kappa shape index (κ2) is 7.70. The zero-order valence-electron chi connectivity index (χ0n) is 16.2. The Morgan fingerprint density at radius 2 is 1.75 bits per heavy atom. The van der Waals surface area contributed by atoms with Gasteiger partial charge in [0.1, 0.15) is 5.75 Å². The molecular weight excluding hydrogens is 311 g/mol. The lowest BCUT2D eigenvalue weighted by Gasteiger charge is -2.36. The molecule has 0 saturated heterocycles. The first-order valence-corrected chi connectivity index (χ1v) is 9.81. The predicted octanol–water partition coefficient (Wildman–Crippen LogP) is 6.83. The average molecular weight is 342 g/mol. The summed E-state index contributed by atoms with van der Waals surface area (Å²) in [5, 5.41) is 0. The quantitative estimate of drug-likeness (QED) is 0.421. The average Bonchev–Trinajstić information content (AvgIpc) is 2.46. The van der Waals surface area contributed by atoms with Gasteiger partial charge in [0.05, 0.1) is 8.81 Å². The molecule has 0 saturated carbocycles. The van der Waals surface area contributed by atoms with Crippen LogP contribution in [0.5, 0.6) is 5.75 Å². The lowest BCUT2D eigenvalue weighted by atomic mass is 9.77. The molecule has 1 aromatic rings. The van der Waals surface area contributed by atoms with Crippen molar-refractivity contribution in [3.8, 4) is 5.75 Å². The van der Waals surface area contributed by atoms with E-state index < -0.39 is 0 Å². The van der Waals surface area contributed by atoms with Crippen LogP contribution in [-0.2, 0) is 0 Å². The van der Waals surface area contributed by atoms with Crippen LogP contribution in [0.15, 0.2) is 47.6 Å². The molecule has 2 heteroatoms. The second-order valence-electron chi connectivity index (χ2n) is 7.33. The Balaban J connectivity index is 2.27. The highest BCUT2D eigenvalue weighted by Gasteiger charge is 2.34. The third-order valence-corrected chi connectivity index (χ3v) is 6.30. The first-order valence-electron chi connectivity index (χ1n) is 8.82. The molecule has 2 rings (SSSR count). The van der Waals surface area contributed by atoms with E-state index in [1.807, 2.05) is 0 Å². The molecule has 130 valence electrons. The minimum Gasteiger partial charge on any atom is -0.476 e. The molecule has 0 heterocycles. The summed E-state index contributed by atoms with van der Waals surface area (Å²) >= 11 is 0. The van der Waals surface area contributed by atoms with Crippen LogP contribution < -0.4 is 4.52 Å². The molecule has 1 aromatic carbocycles. The molecule has 0 radical (unpaired) electrons. The summed E-state index contributed by atoms with van der Waals surface area (Å²) in [5.41, 5.74) is 6.94. The summed E-state index contributed by atoms with van der Waals surface area (Å²) in [5.74, 6) is 1.06. The summed E-state index contributed by atoms with van der Waals surface area (Å²) < 4.78 is 6.37. The van der Waals surface area contributed by atoms with Gasteiger partial charge in [-0.1, -0.05) is 67.0 Å². The van der Waals surface area contributed by atoms with E-state index in [-0.39, 0.29) is 5.41 Å². The number of allylic oxidation sites excluding steroid dienone is 6. The third kappa shape index (κ3) is 4.19. The predicted molar refractivity (Wildman–Crippen MR) is 108 cm³/mol. The van der Waals surface area contributed by atoms with Crippen LogP contribution in [0.2, 0.25) is 0 Å². The highest BCUT2D eigenvalue weighted by molar-refractivity contribution is 7.34. The van der Waals surface area contributed by atoms with Gasteiger partial charge < -0.3 is 4.52 Å². The van der Waals surface area contributed by atoms with Crippen molar-refractivity contribution in [2.24, 2.45) is 5.41 Å². The van der Waals surface area contributed by atoms with Crippen molar-refractivity contribution in [2.45, 2.75) is 60.5 Å². The normalized spacial score (nSPS) is 24.5. The molecule has 1 aliphatic rings. The van der Waals surface area contributed by atoms with Gasteiger partial charge in [-0.25, -0.2) is 0 Å². The van der Waals surface area contributed by atoms with Crippen molar-refractivity contribution in [2.75, 3.05) is 0 Å². The van der Waals surface area contributed by atoms with E-state index in [1.165, 1.54) is 27.8 Å². The van der Waals surface area contributed by atoms with E-state index in [1.54, 1.807) is 0 Å². The van der Waals surface area contributed by atoms with Crippen molar-refractivity contribution >= 4 is 8.81 Å². The molecule has 24 heavy (non-hydrogen) atoms. The Bertz CT molecular complexity index is 673. The van der Waals surface area contributed by atoms with Gasteiger partial charge in [0.25, 0.3) is 0 Å². The van der Waals surface area contributed by atoms with Gasteiger partial charge in [-0.15, -0.1) is 0 Å². The van der Waals surface area contributed by atoms with Gasteiger partial charge in [0, 0.05) is 11.1 Å². The maximum atomic E-state index is 6.37. The molecule has 3 unspecified atom stereocenters. The van der Waals surface area contributed by atoms with Gasteiger partial charge in [-0.05, 0) is 52.2 Å². The zero-order chi connectivity index (χ0) is 17.9. The molecule has 0 bridgehead atoms. The maximum absolute atomic E-state index is 6.37. The number of rotatable bonds is 5. The fraction of sp³-hybridized carbons (Fsp3) is 0.455. The van der Waals surface area contributed by atoms with Crippen LogP contribution in [0.4, 0.5) is 0 Å². The fourth-order valence-electron chi connectivity index (χ4n) is 3.73. The van der Waals surface area contributed by atoms with Gasteiger partial charge >= 0.3 is 0 Å². The number of hydrogen-bond acceptors (Lipinski definition) is 1. The van der Waals surface area contributed by atoms with Gasteiger partial charge in [0.2, 0.25) is 0 Å². The minimum atomic E-state index is 0.0316. The number of benzene rings is 1. The van der Waals surface area contributed by atoms with Crippen LogP contribution in [0.25, 0.3) is 0 Å². The van der Waals surface area contributed by atoms with Crippen LogP contribution in [-0.4, -0.2) is 5.66 Å². The van der Waals surface area contributed by atoms with E-state index in [0.717, 1.165) is 12.2 Å². The molecule has 0 spiro atoms. The lowest BCUT2D eigenvalue weighted by Crippen LogP contribution is -2.29. The first-order chi connectivity index (χ1) is 11.3. The Hall–Kier alpha value is -1.33. The van der Waals surface area contributed by atoms with E-state index >= 15 is 0 Å². The van der Waals surface area contributed by atoms with Crippen LogP contribution in [0, 0.1) is 26.2 Å². The summed E-state index contributed by atoms with van der Waals surface area (Å²) in [7, 11) is 0.417. The second-order valence-corrected chi connectivity index (χ2v) is 8.35. The lowest BCUT2D eigenvalue weighted by molar-refractivity contribution is 0.513. The molecule has 0 aromatic heterocycles. The largest absolute Gasteiger partial charge is 0.476 e. The topological polar surface area (TPSA) is 9.23 Å². The van der Waals surface area contributed by atoms with E-state index in [9.17, 15) is 0 Å². The van der Waals surface area contributed by atoms with Gasteiger partial charge in [-0.2, -0.15) is 0 Å².